The molecule has 1 saturated heterocycles. The molecular formula is C23H46O2. The fraction of sp³-hybridized carbons (Fsp3) is 1.00. The molecule has 1 rings (SSSR count). The highest BCUT2D eigenvalue weighted by Gasteiger charge is 2.24. The Morgan fingerprint density at radius 2 is 1.00 bits per heavy atom. The van der Waals surface area contributed by atoms with E-state index in [0.29, 0.717) is 6.10 Å². The second-order valence-corrected chi connectivity index (χ2v) is 8.05. The van der Waals surface area contributed by atoms with Crippen LogP contribution in [-0.2, 0) is 9.47 Å². The van der Waals surface area contributed by atoms with Gasteiger partial charge in [-0.3, -0.25) is 0 Å². The molecule has 2 atom stereocenters. The minimum atomic E-state index is 0.0964. The van der Waals surface area contributed by atoms with Gasteiger partial charge in [-0.1, -0.05) is 110 Å². The molecule has 2 unspecified atom stereocenters. The van der Waals surface area contributed by atoms with Gasteiger partial charge in [-0.25, -0.2) is 0 Å². The second-order valence-electron chi connectivity index (χ2n) is 8.05. The first-order chi connectivity index (χ1) is 12.4. The van der Waals surface area contributed by atoms with Crippen molar-refractivity contribution in [3.05, 3.63) is 0 Å². The first kappa shape index (κ1) is 23.0. The zero-order chi connectivity index (χ0) is 18.0. The van der Waals surface area contributed by atoms with Crippen LogP contribution in [0.5, 0.6) is 0 Å². The second kappa shape index (κ2) is 17.3. The SMILES string of the molecule is CCCCCCCCCCC1COC(CCCCCCCCCC)O1. The third-order valence-corrected chi connectivity index (χ3v) is 5.49. The first-order valence-corrected chi connectivity index (χ1v) is 11.6. The van der Waals surface area contributed by atoms with Crippen LogP contribution in [0.25, 0.3) is 0 Å². The zero-order valence-electron chi connectivity index (χ0n) is 17.4. The Kier molecular flexibility index (Phi) is 15.9. The van der Waals surface area contributed by atoms with Crippen molar-refractivity contribution in [1.29, 1.82) is 0 Å². The summed E-state index contributed by atoms with van der Waals surface area (Å²) in [6.07, 6.45) is 24.9. The maximum Gasteiger partial charge on any atom is 0.158 e. The Bertz CT molecular complexity index is 241. The molecule has 1 heterocycles. The molecule has 2 heteroatoms. The monoisotopic (exact) mass is 354 g/mol. The van der Waals surface area contributed by atoms with Crippen LogP contribution in [0.1, 0.15) is 129 Å². The summed E-state index contributed by atoms with van der Waals surface area (Å²) >= 11 is 0. The van der Waals surface area contributed by atoms with E-state index in [2.05, 4.69) is 13.8 Å². The van der Waals surface area contributed by atoms with Gasteiger partial charge in [-0.05, 0) is 19.3 Å². The Hall–Kier alpha value is -0.0800. The quantitative estimate of drug-likeness (QED) is 0.234. The Morgan fingerprint density at radius 3 is 1.52 bits per heavy atom. The van der Waals surface area contributed by atoms with E-state index in [1.165, 1.54) is 109 Å². The van der Waals surface area contributed by atoms with Crippen molar-refractivity contribution in [2.75, 3.05) is 6.61 Å². The number of rotatable bonds is 18. The van der Waals surface area contributed by atoms with Gasteiger partial charge in [0.1, 0.15) is 0 Å². The maximum absolute atomic E-state index is 6.06. The lowest BCUT2D eigenvalue weighted by Gasteiger charge is -2.11. The Balaban J connectivity index is 1.83. The Morgan fingerprint density at radius 1 is 0.560 bits per heavy atom. The van der Waals surface area contributed by atoms with Gasteiger partial charge in [0.2, 0.25) is 0 Å². The van der Waals surface area contributed by atoms with Gasteiger partial charge in [0, 0.05) is 0 Å². The first-order valence-electron chi connectivity index (χ1n) is 11.6. The molecule has 2 nitrogen and oxygen atoms in total. The molecule has 150 valence electrons. The maximum atomic E-state index is 6.06. The highest BCUT2D eigenvalue weighted by Crippen LogP contribution is 2.22. The molecule has 1 aliphatic rings. The molecule has 0 radical (unpaired) electrons. The summed E-state index contributed by atoms with van der Waals surface area (Å²) < 4.78 is 11.9. The molecule has 0 aromatic rings. The van der Waals surface area contributed by atoms with Gasteiger partial charge in [0.25, 0.3) is 0 Å². The van der Waals surface area contributed by atoms with E-state index >= 15 is 0 Å². The van der Waals surface area contributed by atoms with E-state index < -0.39 is 0 Å². The number of hydrogen-bond acceptors (Lipinski definition) is 2. The summed E-state index contributed by atoms with van der Waals surface area (Å²) in [6, 6.07) is 0. The zero-order valence-corrected chi connectivity index (χ0v) is 17.4. The van der Waals surface area contributed by atoms with E-state index in [-0.39, 0.29) is 6.29 Å². The van der Waals surface area contributed by atoms with Gasteiger partial charge in [0.15, 0.2) is 6.29 Å². The predicted molar refractivity (Wildman–Crippen MR) is 109 cm³/mol. The van der Waals surface area contributed by atoms with Crippen molar-refractivity contribution >= 4 is 0 Å². The van der Waals surface area contributed by atoms with E-state index in [1.807, 2.05) is 0 Å². The average Bonchev–Trinajstić information content (AvgIpc) is 3.07. The Labute approximate surface area is 158 Å². The van der Waals surface area contributed by atoms with Gasteiger partial charge < -0.3 is 9.47 Å². The summed E-state index contributed by atoms with van der Waals surface area (Å²) in [4.78, 5) is 0. The van der Waals surface area contributed by atoms with Crippen LogP contribution >= 0.6 is 0 Å². The highest BCUT2D eigenvalue weighted by atomic mass is 16.7. The molecule has 0 saturated carbocycles. The van der Waals surface area contributed by atoms with Crippen molar-refractivity contribution in [3.63, 3.8) is 0 Å². The van der Waals surface area contributed by atoms with Crippen LogP contribution < -0.4 is 0 Å². The van der Waals surface area contributed by atoms with Gasteiger partial charge in [-0.2, -0.15) is 0 Å². The van der Waals surface area contributed by atoms with Crippen molar-refractivity contribution in [1.82, 2.24) is 0 Å². The average molecular weight is 355 g/mol. The normalized spacial score (nSPS) is 20.4. The third-order valence-electron chi connectivity index (χ3n) is 5.49. The minimum Gasteiger partial charge on any atom is -0.350 e. The van der Waals surface area contributed by atoms with Crippen molar-refractivity contribution in [2.24, 2.45) is 0 Å². The summed E-state index contributed by atoms with van der Waals surface area (Å²) in [5.74, 6) is 0. The molecule has 0 aromatic heterocycles. The number of unbranched alkanes of at least 4 members (excludes halogenated alkanes) is 14. The molecular weight excluding hydrogens is 308 g/mol. The molecule has 1 aliphatic heterocycles. The van der Waals surface area contributed by atoms with Crippen LogP contribution in [0.15, 0.2) is 0 Å². The van der Waals surface area contributed by atoms with E-state index in [0.717, 1.165) is 13.0 Å². The number of hydrogen-bond donors (Lipinski definition) is 0. The molecule has 0 amide bonds. The van der Waals surface area contributed by atoms with Gasteiger partial charge >= 0.3 is 0 Å². The van der Waals surface area contributed by atoms with Crippen molar-refractivity contribution in [2.45, 2.75) is 142 Å². The molecule has 0 bridgehead atoms. The number of ether oxygens (including phenoxy) is 2. The van der Waals surface area contributed by atoms with E-state index in [1.54, 1.807) is 0 Å². The van der Waals surface area contributed by atoms with Crippen LogP contribution in [0.2, 0.25) is 0 Å². The largest absolute Gasteiger partial charge is 0.350 e. The van der Waals surface area contributed by atoms with E-state index in [4.69, 9.17) is 9.47 Å². The lowest BCUT2D eigenvalue weighted by molar-refractivity contribution is -0.0643. The highest BCUT2D eigenvalue weighted by molar-refractivity contribution is 4.66. The van der Waals surface area contributed by atoms with E-state index in [9.17, 15) is 0 Å². The smallest absolute Gasteiger partial charge is 0.158 e. The lowest BCUT2D eigenvalue weighted by atomic mass is 10.1. The molecule has 0 aliphatic carbocycles. The van der Waals surface area contributed by atoms with Crippen molar-refractivity contribution < 1.29 is 9.47 Å². The minimum absolute atomic E-state index is 0.0964. The molecule has 0 aromatic carbocycles. The molecule has 25 heavy (non-hydrogen) atoms. The van der Waals surface area contributed by atoms with Gasteiger partial charge in [-0.15, -0.1) is 0 Å². The van der Waals surface area contributed by atoms with Crippen molar-refractivity contribution in [3.8, 4) is 0 Å². The summed E-state index contributed by atoms with van der Waals surface area (Å²) in [6.45, 7) is 5.40. The molecule has 0 spiro atoms. The van der Waals surface area contributed by atoms with Crippen LogP contribution in [0.3, 0.4) is 0 Å². The summed E-state index contributed by atoms with van der Waals surface area (Å²) in [5, 5.41) is 0. The molecule has 1 fully saturated rings. The summed E-state index contributed by atoms with van der Waals surface area (Å²) in [7, 11) is 0. The molecule has 0 N–H and O–H groups in total. The topological polar surface area (TPSA) is 18.5 Å². The van der Waals surface area contributed by atoms with Gasteiger partial charge in [0.05, 0.1) is 12.7 Å². The standard InChI is InChI=1S/C23H46O2/c1-3-5-7-9-11-13-15-17-19-22-21-24-23(25-22)20-18-16-14-12-10-8-6-4-2/h22-23H,3-21H2,1-2H3. The summed E-state index contributed by atoms with van der Waals surface area (Å²) in [5.41, 5.74) is 0. The van der Waals surface area contributed by atoms with Crippen LogP contribution in [0, 0.1) is 0 Å². The lowest BCUT2D eigenvalue weighted by Crippen LogP contribution is -2.12. The fourth-order valence-corrected chi connectivity index (χ4v) is 3.76. The van der Waals surface area contributed by atoms with Crippen LogP contribution in [0.4, 0.5) is 0 Å². The fourth-order valence-electron chi connectivity index (χ4n) is 3.76. The third kappa shape index (κ3) is 13.7. The predicted octanol–water partition coefficient (Wildman–Crippen LogP) is 7.79. The van der Waals surface area contributed by atoms with Crippen LogP contribution in [-0.4, -0.2) is 19.0 Å².